The predicted octanol–water partition coefficient (Wildman–Crippen LogP) is 6.04. The average Bonchev–Trinajstić information content (AvgIpc) is 3.24. The molecule has 1 amide bonds. The largest absolute Gasteiger partial charge is 0.461 e. The SMILES string of the molecule is CCOC(=O)c1cc(-c2ccc(Cl)cc2Cl)n(-c2ccc(C(=O)N3CCCC[C@H]3C)cc2)n1. The molecule has 2 heterocycles. The fourth-order valence-electron chi connectivity index (χ4n) is 4.08. The first-order chi connectivity index (χ1) is 15.9. The highest BCUT2D eigenvalue weighted by molar-refractivity contribution is 6.36. The van der Waals surface area contributed by atoms with Crippen LogP contribution in [0.1, 0.15) is 54.0 Å². The lowest BCUT2D eigenvalue weighted by Gasteiger charge is -2.33. The lowest BCUT2D eigenvalue weighted by molar-refractivity contribution is 0.0518. The average molecular weight is 486 g/mol. The highest BCUT2D eigenvalue weighted by Crippen LogP contribution is 2.32. The third kappa shape index (κ3) is 4.92. The maximum atomic E-state index is 13.0. The van der Waals surface area contributed by atoms with Crippen LogP contribution in [-0.2, 0) is 4.74 Å². The molecule has 1 aliphatic rings. The number of halogens is 2. The maximum Gasteiger partial charge on any atom is 0.358 e. The standard InChI is InChI=1S/C25H25Cl2N3O3/c1-3-33-25(32)22-15-23(20-12-9-18(26)14-21(20)27)30(28-22)19-10-7-17(8-11-19)24(31)29-13-5-4-6-16(29)2/h7-12,14-16H,3-6,13H2,1-2H3/t16-/m1/s1. The molecule has 1 saturated heterocycles. The van der Waals surface area contributed by atoms with Crippen LogP contribution in [0.15, 0.2) is 48.5 Å². The number of rotatable bonds is 5. The van der Waals surface area contributed by atoms with E-state index in [2.05, 4.69) is 12.0 Å². The molecule has 6 nitrogen and oxygen atoms in total. The molecular weight excluding hydrogens is 461 g/mol. The van der Waals surface area contributed by atoms with Crippen molar-refractivity contribution in [3.8, 4) is 16.9 Å². The number of hydrogen-bond acceptors (Lipinski definition) is 4. The van der Waals surface area contributed by atoms with Gasteiger partial charge in [-0.1, -0.05) is 23.2 Å². The second-order valence-corrected chi connectivity index (χ2v) is 8.91. The number of amides is 1. The molecule has 2 aromatic carbocycles. The number of benzene rings is 2. The molecule has 172 valence electrons. The summed E-state index contributed by atoms with van der Waals surface area (Å²) in [6.07, 6.45) is 3.21. The molecule has 1 aliphatic heterocycles. The van der Waals surface area contributed by atoms with Gasteiger partial charge >= 0.3 is 5.97 Å². The monoisotopic (exact) mass is 485 g/mol. The number of ether oxygens (including phenoxy) is 1. The number of piperidine rings is 1. The quantitative estimate of drug-likeness (QED) is 0.413. The van der Waals surface area contributed by atoms with Crippen LogP contribution in [0.4, 0.5) is 0 Å². The second kappa shape index (κ2) is 9.98. The van der Waals surface area contributed by atoms with E-state index in [0.29, 0.717) is 32.6 Å². The van der Waals surface area contributed by atoms with Crippen molar-refractivity contribution in [2.45, 2.75) is 39.2 Å². The van der Waals surface area contributed by atoms with E-state index >= 15 is 0 Å². The number of esters is 1. The summed E-state index contributed by atoms with van der Waals surface area (Å²) < 4.78 is 6.75. The fraction of sp³-hybridized carbons (Fsp3) is 0.320. The molecule has 3 aromatic rings. The molecule has 4 rings (SSSR count). The van der Waals surface area contributed by atoms with Gasteiger partial charge in [0.05, 0.1) is 23.0 Å². The molecule has 1 fully saturated rings. The molecule has 0 saturated carbocycles. The topological polar surface area (TPSA) is 64.4 Å². The molecule has 1 aromatic heterocycles. The maximum absolute atomic E-state index is 13.0. The van der Waals surface area contributed by atoms with Crippen molar-refractivity contribution < 1.29 is 14.3 Å². The van der Waals surface area contributed by atoms with Crippen molar-refractivity contribution in [1.82, 2.24) is 14.7 Å². The van der Waals surface area contributed by atoms with Crippen LogP contribution >= 0.6 is 23.2 Å². The second-order valence-electron chi connectivity index (χ2n) is 8.06. The summed E-state index contributed by atoms with van der Waals surface area (Å²) in [6.45, 7) is 4.86. The first kappa shape index (κ1) is 23.3. The molecule has 0 spiro atoms. The molecule has 0 aliphatic carbocycles. The predicted molar refractivity (Wildman–Crippen MR) is 129 cm³/mol. The van der Waals surface area contributed by atoms with E-state index in [0.717, 1.165) is 25.8 Å². The zero-order valence-electron chi connectivity index (χ0n) is 18.6. The minimum Gasteiger partial charge on any atom is -0.461 e. The van der Waals surface area contributed by atoms with Gasteiger partial charge in [-0.05, 0) is 81.6 Å². The Kier molecular flexibility index (Phi) is 7.05. The lowest BCUT2D eigenvalue weighted by atomic mass is 10.0. The molecule has 0 bridgehead atoms. The summed E-state index contributed by atoms with van der Waals surface area (Å²) in [6, 6.07) is 14.2. The van der Waals surface area contributed by atoms with E-state index in [1.54, 1.807) is 48.0 Å². The van der Waals surface area contributed by atoms with Crippen molar-refractivity contribution in [3.05, 3.63) is 69.8 Å². The number of carbonyl (C=O) groups excluding carboxylic acids is 2. The first-order valence-corrected chi connectivity index (χ1v) is 11.8. The van der Waals surface area contributed by atoms with E-state index in [1.165, 1.54) is 0 Å². The summed E-state index contributed by atoms with van der Waals surface area (Å²) >= 11 is 12.5. The van der Waals surface area contributed by atoms with Crippen LogP contribution < -0.4 is 0 Å². The van der Waals surface area contributed by atoms with Gasteiger partial charge in [0.2, 0.25) is 0 Å². The van der Waals surface area contributed by atoms with Crippen molar-refractivity contribution in [2.24, 2.45) is 0 Å². The van der Waals surface area contributed by atoms with Crippen molar-refractivity contribution in [1.29, 1.82) is 0 Å². The minimum atomic E-state index is -0.520. The van der Waals surface area contributed by atoms with Gasteiger partial charge in [-0.3, -0.25) is 4.79 Å². The number of carbonyl (C=O) groups is 2. The van der Waals surface area contributed by atoms with Gasteiger partial charge in [0.15, 0.2) is 5.69 Å². The smallest absolute Gasteiger partial charge is 0.358 e. The minimum absolute atomic E-state index is 0.0300. The van der Waals surface area contributed by atoms with Gasteiger partial charge in [0.25, 0.3) is 5.91 Å². The van der Waals surface area contributed by atoms with E-state index < -0.39 is 5.97 Å². The number of nitrogens with zero attached hydrogens (tertiary/aromatic N) is 3. The molecule has 0 unspecified atom stereocenters. The van der Waals surface area contributed by atoms with Crippen molar-refractivity contribution in [2.75, 3.05) is 13.2 Å². The summed E-state index contributed by atoms with van der Waals surface area (Å²) in [5, 5.41) is 5.42. The Balaban J connectivity index is 1.71. The lowest BCUT2D eigenvalue weighted by Crippen LogP contribution is -2.42. The molecule has 0 N–H and O–H groups in total. The normalized spacial score (nSPS) is 16.0. The first-order valence-electron chi connectivity index (χ1n) is 11.0. The van der Waals surface area contributed by atoms with Crippen molar-refractivity contribution >= 4 is 35.1 Å². The highest BCUT2D eigenvalue weighted by Gasteiger charge is 2.24. The number of hydrogen-bond donors (Lipinski definition) is 0. The Labute approximate surface area is 203 Å². The van der Waals surface area contributed by atoms with Gasteiger partial charge in [0.1, 0.15) is 0 Å². The zero-order chi connectivity index (χ0) is 23.5. The van der Waals surface area contributed by atoms with E-state index in [1.807, 2.05) is 17.0 Å². The van der Waals surface area contributed by atoms with Gasteiger partial charge in [-0.2, -0.15) is 5.10 Å². The third-order valence-electron chi connectivity index (χ3n) is 5.82. The molecule has 8 heteroatoms. The molecule has 33 heavy (non-hydrogen) atoms. The van der Waals surface area contributed by atoms with Gasteiger partial charge in [0, 0.05) is 28.7 Å². The summed E-state index contributed by atoms with van der Waals surface area (Å²) in [5.74, 6) is -0.490. The summed E-state index contributed by atoms with van der Waals surface area (Å²) in [5.41, 5.74) is 2.76. The summed E-state index contributed by atoms with van der Waals surface area (Å²) in [4.78, 5) is 27.3. The summed E-state index contributed by atoms with van der Waals surface area (Å²) in [7, 11) is 0. The zero-order valence-corrected chi connectivity index (χ0v) is 20.1. The number of likely N-dealkylation sites (tertiary alicyclic amines) is 1. The Bertz CT molecular complexity index is 1170. The Hall–Kier alpha value is -2.83. The highest BCUT2D eigenvalue weighted by atomic mass is 35.5. The van der Waals surface area contributed by atoms with Crippen LogP contribution in [0.25, 0.3) is 16.9 Å². The van der Waals surface area contributed by atoms with Gasteiger partial charge in [-0.25, -0.2) is 9.48 Å². The van der Waals surface area contributed by atoms with Crippen LogP contribution in [-0.4, -0.2) is 45.8 Å². The molecule has 0 radical (unpaired) electrons. The van der Waals surface area contributed by atoms with Gasteiger partial charge in [-0.15, -0.1) is 0 Å². The van der Waals surface area contributed by atoms with E-state index in [9.17, 15) is 9.59 Å². The Morgan fingerprint density at radius 2 is 1.85 bits per heavy atom. The van der Waals surface area contributed by atoms with E-state index in [-0.39, 0.29) is 24.2 Å². The Morgan fingerprint density at radius 1 is 1.09 bits per heavy atom. The van der Waals surface area contributed by atoms with Crippen molar-refractivity contribution in [3.63, 3.8) is 0 Å². The van der Waals surface area contributed by atoms with Crippen LogP contribution in [0.3, 0.4) is 0 Å². The number of aromatic nitrogens is 2. The fourth-order valence-corrected chi connectivity index (χ4v) is 4.59. The molecule has 1 atom stereocenters. The van der Waals surface area contributed by atoms with Gasteiger partial charge < -0.3 is 9.64 Å². The van der Waals surface area contributed by atoms with E-state index in [4.69, 9.17) is 27.9 Å². The Morgan fingerprint density at radius 3 is 2.52 bits per heavy atom. The van der Waals surface area contributed by atoms with Crippen LogP contribution in [0, 0.1) is 0 Å². The molecular formula is C25H25Cl2N3O3. The van der Waals surface area contributed by atoms with Crippen LogP contribution in [0.5, 0.6) is 0 Å². The third-order valence-corrected chi connectivity index (χ3v) is 6.37. The van der Waals surface area contributed by atoms with Crippen LogP contribution in [0.2, 0.25) is 10.0 Å².